The van der Waals surface area contributed by atoms with Gasteiger partial charge in [0.15, 0.2) is 0 Å². The highest BCUT2D eigenvalue weighted by molar-refractivity contribution is 5.92. The fourth-order valence-corrected chi connectivity index (χ4v) is 2.06. The first-order valence-electron chi connectivity index (χ1n) is 6.20. The molecule has 0 spiro atoms. The Bertz CT molecular complexity index is 415. The van der Waals surface area contributed by atoms with Gasteiger partial charge in [-0.25, -0.2) is 10.8 Å². The average molecular weight is 249 g/mol. The van der Waals surface area contributed by atoms with E-state index in [1.165, 1.54) is 0 Å². The van der Waals surface area contributed by atoms with Crippen LogP contribution in [0.4, 0.5) is 5.82 Å². The molecule has 0 aliphatic carbocycles. The zero-order chi connectivity index (χ0) is 13.0. The lowest BCUT2D eigenvalue weighted by Gasteiger charge is -2.33. The number of carbonyl (C=O) groups is 1. The summed E-state index contributed by atoms with van der Waals surface area (Å²) < 4.78 is 0. The van der Waals surface area contributed by atoms with Crippen LogP contribution in [0.15, 0.2) is 18.2 Å². The van der Waals surface area contributed by atoms with E-state index in [1.54, 1.807) is 18.2 Å². The molecule has 0 radical (unpaired) electrons. The van der Waals surface area contributed by atoms with Gasteiger partial charge < -0.3 is 15.2 Å². The van der Waals surface area contributed by atoms with Gasteiger partial charge >= 0.3 is 0 Å². The molecule has 0 bridgehead atoms. The van der Waals surface area contributed by atoms with Crippen LogP contribution in [0.3, 0.4) is 0 Å². The van der Waals surface area contributed by atoms with Crippen molar-refractivity contribution in [3.8, 4) is 0 Å². The summed E-state index contributed by atoms with van der Waals surface area (Å²) in [5, 5.41) is 0. The van der Waals surface area contributed by atoms with E-state index in [2.05, 4.69) is 22.2 Å². The Hall–Kier alpha value is -1.66. The Morgan fingerprint density at radius 3 is 2.72 bits per heavy atom. The maximum Gasteiger partial charge on any atom is 0.272 e. The van der Waals surface area contributed by atoms with Crippen molar-refractivity contribution in [2.45, 2.75) is 6.92 Å². The van der Waals surface area contributed by atoms with Gasteiger partial charge in [0.2, 0.25) is 0 Å². The molecule has 1 aromatic rings. The molecule has 3 N–H and O–H groups in total. The molecule has 1 amide bonds. The van der Waals surface area contributed by atoms with Gasteiger partial charge in [-0.15, -0.1) is 0 Å². The van der Waals surface area contributed by atoms with E-state index >= 15 is 0 Å². The topological polar surface area (TPSA) is 74.5 Å². The number of nitrogens with one attached hydrogen (secondary N) is 1. The van der Waals surface area contributed by atoms with Crippen molar-refractivity contribution in [3.63, 3.8) is 0 Å². The van der Waals surface area contributed by atoms with Crippen LogP contribution in [0.25, 0.3) is 0 Å². The normalized spacial score (nSPS) is 16.7. The van der Waals surface area contributed by atoms with Crippen molar-refractivity contribution < 1.29 is 4.79 Å². The minimum Gasteiger partial charge on any atom is -0.335 e. The summed E-state index contributed by atoms with van der Waals surface area (Å²) in [7, 11) is 0. The molecule has 98 valence electrons. The molecular weight excluding hydrogens is 230 g/mol. The number of piperazine rings is 1. The molecule has 1 aliphatic rings. The summed E-state index contributed by atoms with van der Waals surface area (Å²) in [5.41, 5.74) is 2.89. The number of anilines is 1. The molecule has 0 aromatic carbocycles. The summed E-state index contributed by atoms with van der Waals surface area (Å²) in [5.74, 6) is 5.77. The van der Waals surface area contributed by atoms with Crippen molar-refractivity contribution >= 4 is 11.7 Å². The van der Waals surface area contributed by atoms with Crippen molar-refractivity contribution in [2.75, 3.05) is 38.1 Å². The molecule has 0 atom stereocenters. The van der Waals surface area contributed by atoms with Gasteiger partial charge in [-0.05, 0) is 18.7 Å². The molecule has 1 aliphatic heterocycles. The molecule has 1 aromatic heterocycles. The Morgan fingerprint density at radius 1 is 1.39 bits per heavy atom. The van der Waals surface area contributed by atoms with Crippen LogP contribution >= 0.6 is 0 Å². The molecule has 1 saturated heterocycles. The number of aromatic nitrogens is 1. The molecular formula is C12H19N5O. The van der Waals surface area contributed by atoms with Crippen molar-refractivity contribution in [3.05, 3.63) is 23.9 Å². The summed E-state index contributed by atoms with van der Waals surface area (Å²) >= 11 is 0. The van der Waals surface area contributed by atoms with E-state index in [-0.39, 0.29) is 5.91 Å². The highest BCUT2D eigenvalue weighted by Crippen LogP contribution is 2.09. The van der Waals surface area contributed by atoms with E-state index in [0.29, 0.717) is 11.5 Å². The number of likely N-dealkylation sites (N-methyl/N-ethyl adjacent to an activating group) is 1. The number of rotatable bonds is 3. The number of hydrogen-bond acceptors (Lipinski definition) is 5. The lowest BCUT2D eigenvalue weighted by Crippen LogP contribution is -2.48. The molecule has 0 unspecified atom stereocenters. The zero-order valence-corrected chi connectivity index (χ0v) is 10.6. The standard InChI is InChI=1S/C12H19N5O/c1-2-16-6-8-17(9-7-16)12(18)10-4-3-5-11(14-10)15-13/h3-5H,2,6-9,13H2,1H3,(H,14,15). The second kappa shape index (κ2) is 5.79. The van der Waals surface area contributed by atoms with Crippen LogP contribution in [-0.4, -0.2) is 53.4 Å². The Kier molecular flexibility index (Phi) is 4.11. The molecule has 18 heavy (non-hydrogen) atoms. The summed E-state index contributed by atoms with van der Waals surface area (Å²) in [6, 6.07) is 5.22. The lowest BCUT2D eigenvalue weighted by molar-refractivity contribution is 0.0638. The predicted molar refractivity (Wildman–Crippen MR) is 70.1 cm³/mol. The number of hydrazine groups is 1. The first kappa shape index (κ1) is 12.8. The Balaban J connectivity index is 2.03. The molecule has 6 nitrogen and oxygen atoms in total. The van der Waals surface area contributed by atoms with Gasteiger partial charge in [0.1, 0.15) is 11.5 Å². The second-order valence-corrected chi connectivity index (χ2v) is 4.28. The van der Waals surface area contributed by atoms with Crippen molar-refractivity contribution in [1.82, 2.24) is 14.8 Å². The van der Waals surface area contributed by atoms with Crippen LogP contribution in [0.2, 0.25) is 0 Å². The largest absolute Gasteiger partial charge is 0.335 e. The predicted octanol–water partition coefficient (Wildman–Crippen LogP) is 0.145. The van der Waals surface area contributed by atoms with E-state index in [0.717, 1.165) is 32.7 Å². The quantitative estimate of drug-likeness (QED) is 0.589. The van der Waals surface area contributed by atoms with Crippen LogP contribution in [0.5, 0.6) is 0 Å². The molecule has 1 fully saturated rings. The van der Waals surface area contributed by atoms with E-state index in [4.69, 9.17) is 5.84 Å². The van der Waals surface area contributed by atoms with E-state index in [1.807, 2.05) is 4.90 Å². The van der Waals surface area contributed by atoms with Crippen molar-refractivity contribution in [1.29, 1.82) is 0 Å². The highest BCUT2D eigenvalue weighted by Gasteiger charge is 2.22. The second-order valence-electron chi connectivity index (χ2n) is 4.28. The summed E-state index contributed by atoms with van der Waals surface area (Å²) in [4.78, 5) is 20.6. The van der Waals surface area contributed by atoms with E-state index < -0.39 is 0 Å². The number of nitrogens with two attached hydrogens (primary N) is 1. The summed E-state index contributed by atoms with van der Waals surface area (Å²) in [6.45, 7) is 6.54. The van der Waals surface area contributed by atoms with Crippen molar-refractivity contribution in [2.24, 2.45) is 5.84 Å². The monoisotopic (exact) mass is 249 g/mol. The van der Waals surface area contributed by atoms with Gasteiger partial charge in [0, 0.05) is 26.2 Å². The minimum absolute atomic E-state index is 0.0251. The minimum atomic E-state index is -0.0251. The number of carbonyl (C=O) groups excluding carboxylic acids is 1. The first-order chi connectivity index (χ1) is 8.74. The van der Waals surface area contributed by atoms with Crippen LogP contribution in [0.1, 0.15) is 17.4 Å². The van der Waals surface area contributed by atoms with Crippen LogP contribution in [0, 0.1) is 0 Å². The Labute approximate surface area is 107 Å². The maximum absolute atomic E-state index is 12.2. The van der Waals surface area contributed by atoms with Gasteiger partial charge in [-0.2, -0.15) is 0 Å². The molecule has 6 heteroatoms. The Morgan fingerprint density at radius 2 is 2.11 bits per heavy atom. The third kappa shape index (κ3) is 2.77. The number of amides is 1. The third-order valence-corrected chi connectivity index (χ3v) is 3.22. The molecule has 2 rings (SSSR count). The van der Waals surface area contributed by atoms with Crippen LogP contribution in [-0.2, 0) is 0 Å². The lowest BCUT2D eigenvalue weighted by atomic mass is 10.2. The van der Waals surface area contributed by atoms with Gasteiger partial charge in [0.25, 0.3) is 5.91 Å². The number of nitrogens with zero attached hydrogens (tertiary/aromatic N) is 3. The average Bonchev–Trinajstić information content (AvgIpc) is 2.46. The maximum atomic E-state index is 12.2. The molecule has 0 saturated carbocycles. The fraction of sp³-hybridized carbons (Fsp3) is 0.500. The SMILES string of the molecule is CCN1CCN(C(=O)c2cccc(NN)n2)CC1. The fourth-order valence-electron chi connectivity index (χ4n) is 2.06. The molecule has 2 heterocycles. The van der Waals surface area contributed by atoms with E-state index in [9.17, 15) is 4.79 Å². The summed E-state index contributed by atoms with van der Waals surface area (Å²) in [6.07, 6.45) is 0. The van der Waals surface area contributed by atoms with Gasteiger partial charge in [-0.3, -0.25) is 4.79 Å². The zero-order valence-electron chi connectivity index (χ0n) is 10.6. The van der Waals surface area contributed by atoms with Gasteiger partial charge in [-0.1, -0.05) is 13.0 Å². The van der Waals surface area contributed by atoms with Crippen LogP contribution < -0.4 is 11.3 Å². The van der Waals surface area contributed by atoms with Gasteiger partial charge in [0.05, 0.1) is 0 Å². The number of hydrogen-bond donors (Lipinski definition) is 2. The first-order valence-corrected chi connectivity index (χ1v) is 6.20. The number of nitrogen functional groups attached to an aromatic ring is 1. The smallest absolute Gasteiger partial charge is 0.272 e. The number of pyridine rings is 1. The highest BCUT2D eigenvalue weighted by atomic mass is 16.2. The third-order valence-electron chi connectivity index (χ3n) is 3.22.